The van der Waals surface area contributed by atoms with Gasteiger partial charge in [0.25, 0.3) is 0 Å². The summed E-state index contributed by atoms with van der Waals surface area (Å²) in [5.74, 6) is -0.191. The third-order valence-electron chi connectivity index (χ3n) is 4.69. The van der Waals surface area contributed by atoms with Gasteiger partial charge in [-0.2, -0.15) is 15.3 Å². The van der Waals surface area contributed by atoms with Gasteiger partial charge in [-0.3, -0.25) is 15.0 Å². The van der Waals surface area contributed by atoms with Crippen molar-refractivity contribution in [3.05, 3.63) is 34.9 Å². The minimum Gasteiger partial charge on any atom is -0.378 e. The number of amides is 2. The van der Waals surface area contributed by atoms with E-state index >= 15 is 0 Å². The number of rotatable bonds is 4. The number of carbonyl (C=O) groups excluding carboxylic acids is 2. The van der Waals surface area contributed by atoms with Crippen LogP contribution in [0.15, 0.2) is 24.3 Å². The Morgan fingerprint density at radius 2 is 1.72 bits per heavy atom. The molecule has 0 bridgehead atoms. The normalized spacial score (nSPS) is 16.8. The number of anilines is 2. The molecule has 3 heterocycles. The van der Waals surface area contributed by atoms with Crippen LogP contribution in [0.2, 0.25) is 5.02 Å². The van der Waals surface area contributed by atoms with Gasteiger partial charge in [-0.15, -0.1) is 0 Å². The first-order chi connectivity index (χ1) is 14.1. The van der Waals surface area contributed by atoms with E-state index in [4.69, 9.17) is 16.3 Å². The van der Waals surface area contributed by atoms with Crippen LogP contribution >= 0.6 is 11.6 Å². The third-order valence-corrected chi connectivity index (χ3v) is 4.95. The Morgan fingerprint density at radius 1 is 1.07 bits per heavy atom. The first kappa shape index (κ1) is 19.1. The number of benzene rings is 1. The van der Waals surface area contributed by atoms with Gasteiger partial charge in [-0.1, -0.05) is 23.7 Å². The molecule has 0 spiro atoms. The summed E-state index contributed by atoms with van der Waals surface area (Å²) in [4.78, 5) is 34.8. The summed E-state index contributed by atoms with van der Waals surface area (Å²) in [6.45, 7) is 2.15. The second kappa shape index (κ2) is 8.03. The molecule has 2 fully saturated rings. The van der Waals surface area contributed by atoms with Gasteiger partial charge in [0.05, 0.1) is 18.9 Å². The quantitative estimate of drug-likeness (QED) is 0.759. The van der Waals surface area contributed by atoms with Gasteiger partial charge in [-0.25, -0.2) is 4.98 Å². The number of imide groups is 1. The van der Waals surface area contributed by atoms with Crippen LogP contribution in [-0.2, 0) is 14.3 Å². The van der Waals surface area contributed by atoms with Crippen LogP contribution < -0.4 is 10.3 Å². The standard InChI is InChI=1S/C19H17ClN6O3/c20-13-3-1-12(2-4-13)17-14(11-21)18(25-7-9-29-10-8-25)23-19(22-17)24-26-15(27)5-6-16(26)28/h1-4H,5-10H2,(H,22,23,24). The minimum absolute atomic E-state index is 0.0686. The molecule has 1 aromatic carbocycles. The van der Waals surface area contributed by atoms with Gasteiger partial charge in [0, 0.05) is 36.5 Å². The number of hydrogen-bond donors (Lipinski definition) is 1. The lowest BCUT2D eigenvalue weighted by molar-refractivity contribution is -0.136. The van der Waals surface area contributed by atoms with Crippen LogP contribution in [0, 0.1) is 11.3 Å². The van der Waals surface area contributed by atoms with Gasteiger partial charge in [-0.05, 0) is 12.1 Å². The van der Waals surface area contributed by atoms with E-state index in [9.17, 15) is 14.9 Å². The summed E-state index contributed by atoms with van der Waals surface area (Å²) in [5, 5.41) is 11.3. The molecular formula is C19H17ClN6O3. The van der Waals surface area contributed by atoms with Crippen LogP contribution in [0.1, 0.15) is 18.4 Å². The van der Waals surface area contributed by atoms with Crippen molar-refractivity contribution in [2.45, 2.75) is 12.8 Å². The van der Waals surface area contributed by atoms with Crippen molar-refractivity contribution >= 4 is 35.2 Å². The molecule has 1 aromatic heterocycles. The summed E-state index contributed by atoms with van der Waals surface area (Å²) in [6, 6.07) is 9.11. The molecule has 4 rings (SSSR count). The highest BCUT2D eigenvalue weighted by molar-refractivity contribution is 6.30. The fourth-order valence-electron chi connectivity index (χ4n) is 3.22. The Labute approximate surface area is 171 Å². The monoisotopic (exact) mass is 412 g/mol. The highest BCUT2D eigenvalue weighted by Gasteiger charge is 2.31. The molecule has 1 N–H and O–H groups in total. The van der Waals surface area contributed by atoms with E-state index in [-0.39, 0.29) is 30.6 Å². The zero-order valence-electron chi connectivity index (χ0n) is 15.4. The van der Waals surface area contributed by atoms with Crippen molar-refractivity contribution < 1.29 is 14.3 Å². The Hall–Kier alpha value is -3.22. The third kappa shape index (κ3) is 3.85. The smallest absolute Gasteiger partial charge is 0.248 e. The number of nitrogens with one attached hydrogen (secondary N) is 1. The highest BCUT2D eigenvalue weighted by atomic mass is 35.5. The molecule has 29 heavy (non-hydrogen) atoms. The van der Waals surface area contributed by atoms with Crippen LogP contribution in [-0.4, -0.2) is 53.1 Å². The number of hydrazine groups is 1. The molecule has 0 aliphatic carbocycles. The second-order valence-corrected chi connectivity index (χ2v) is 6.98. The topological polar surface area (TPSA) is 111 Å². The van der Waals surface area contributed by atoms with Gasteiger partial charge < -0.3 is 9.64 Å². The average molecular weight is 413 g/mol. The Kier molecular flexibility index (Phi) is 5.29. The van der Waals surface area contributed by atoms with Gasteiger partial charge in [0.15, 0.2) is 5.82 Å². The molecule has 148 valence electrons. The molecular weight excluding hydrogens is 396 g/mol. The number of halogens is 1. The van der Waals surface area contributed by atoms with Crippen molar-refractivity contribution in [1.29, 1.82) is 5.26 Å². The molecule has 2 aliphatic heterocycles. The Balaban J connectivity index is 1.81. The zero-order chi connectivity index (χ0) is 20.4. The lowest BCUT2D eigenvalue weighted by atomic mass is 10.1. The van der Waals surface area contributed by atoms with Gasteiger partial charge in [0.2, 0.25) is 17.8 Å². The number of carbonyl (C=O) groups is 2. The average Bonchev–Trinajstić information content (AvgIpc) is 3.06. The molecule has 0 radical (unpaired) electrons. The summed E-state index contributed by atoms with van der Waals surface area (Å²) < 4.78 is 5.39. The molecule has 0 unspecified atom stereocenters. The molecule has 2 aliphatic rings. The van der Waals surface area contributed by atoms with Crippen molar-refractivity contribution in [3.63, 3.8) is 0 Å². The summed E-state index contributed by atoms with van der Waals surface area (Å²) in [7, 11) is 0. The predicted octanol–water partition coefficient (Wildman–Crippen LogP) is 1.98. The van der Waals surface area contributed by atoms with Crippen LogP contribution in [0.5, 0.6) is 0 Å². The van der Waals surface area contributed by atoms with E-state index < -0.39 is 0 Å². The molecule has 0 atom stereocenters. The SMILES string of the molecule is N#Cc1c(-c2ccc(Cl)cc2)nc(NN2C(=O)CCC2=O)nc1N1CCOCC1. The predicted molar refractivity (Wildman–Crippen MR) is 105 cm³/mol. The van der Waals surface area contributed by atoms with E-state index in [2.05, 4.69) is 21.5 Å². The van der Waals surface area contributed by atoms with E-state index in [0.29, 0.717) is 54.0 Å². The number of aromatic nitrogens is 2. The zero-order valence-corrected chi connectivity index (χ0v) is 16.1. The molecule has 2 aromatic rings. The second-order valence-electron chi connectivity index (χ2n) is 6.55. The molecule has 0 saturated carbocycles. The first-order valence-corrected chi connectivity index (χ1v) is 9.48. The van der Waals surface area contributed by atoms with Crippen molar-refractivity contribution in [3.8, 4) is 17.3 Å². The molecule has 2 amide bonds. The lowest BCUT2D eigenvalue weighted by Gasteiger charge is -2.29. The highest BCUT2D eigenvalue weighted by Crippen LogP contribution is 2.31. The largest absolute Gasteiger partial charge is 0.378 e. The Bertz CT molecular complexity index is 982. The fraction of sp³-hybridized carbons (Fsp3) is 0.316. The summed E-state index contributed by atoms with van der Waals surface area (Å²) in [5.41, 5.74) is 4.08. The summed E-state index contributed by atoms with van der Waals surface area (Å²) in [6.07, 6.45) is 0.283. The van der Waals surface area contributed by atoms with Gasteiger partial charge in [0.1, 0.15) is 11.6 Å². The maximum Gasteiger partial charge on any atom is 0.248 e. The van der Waals surface area contributed by atoms with Crippen molar-refractivity contribution in [1.82, 2.24) is 15.0 Å². The van der Waals surface area contributed by atoms with E-state index in [1.165, 1.54) is 0 Å². The lowest BCUT2D eigenvalue weighted by Crippen LogP contribution is -2.38. The van der Waals surface area contributed by atoms with E-state index in [1.807, 2.05) is 4.90 Å². The number of nitrogens with zero attached hydrogens (tertiary/aromatic N) is 5. The molecule has 2 saturated heterocycles. The number of ether oxygens (including phenoxy) is 1. The number of hydrogen-bond acceptors (Lipinski definition) is 8. The van der Waals surface area contributed by atoms with Gasteiger partial charge >= 0.3 is 0 Å². The maximum atomic E-state index is 12.0. The minimum atomic E-state index is -0.344. The number of nitriles is 1. The fourth-order valence-corrected chi connectivity index (χ4v) is 3.35. The first-order valence-electron chi connectivity index (χ1n) is 9.10. The van der Waals surface area contributed by atoms with Crippen LogP contribution in [0.3, 0.4) is 0 Å². The Morgan fingerprint density at radius 3 is 2.34 bits per heavy atom. The van der Waals surface area contributed by atoms with Crippen molar-refractivity contribution in [2.75, 3.05) is 36.6 Å². The summed E-state index contributed by atoms with van der Waals surface area (Å²) >= 11 is 5.99. The maximum absolute atomic E-state index is 12.0. The van der Waals surface area contributed by atoms with E-state index in [0.717, 1.165) is 5.01 Å². The van der Waals surface area contributed by atoms with Crippen molar-refractivity contribution in [2.24, 2.45) is 0 Å². The molecule has 9 nitrogen and oxygen atoms in total. The van der Waals surface area contributed by atoms with Crippen LogP contribution in [0.4, 0.5) is 11.8 Å². The number of morpholine rings is 1. The van der Waals surface area contributed by atoms with Crippen LogP contribution in [0.25, 0.3) is 11.3 Å². The molecule has 10 heteroatoms. The van der Waals surface area contributed by atoms with E-state index in [1.54, 1.807) is 24.3 Å².